The third-order valence-electron chi connectivity index (χ3n) is 7.31. The zero-order valence-electron chi connectivity index (χ0n) is 19.2. The number of amides is 2. The first-order chi connectivity index (χ1) is 16.3. The lowest BCUT2D eigenvalue weighted by molar-refractivity contribution is -0.147. The van der Waals surface area contributed by atoms with Crippen molar-refractivity contribution in [2.75, 3.05) is 12.0 Å². The standard InChI is InChI=1S/C27H26N2O5/c1-4-15-9-11-16(12-10-15)29-24(30)21-22(25(29)31)27(2,26(32)33)28-23(21)19-13-14-20(34-3)18-8-6-5-7-17(18)19/h5-14,21-23,28H,4H2,1-3H3,(H,32,33). The molecule has 3 aromatic rings. The van der Waals surface area contributed by atoms with Crippen LogP contribution in [0.3, 0.4) is 0 Å². The fourth-order valence-electron chi connectivity index (χ4n) is 5.48. The predicted octanol–water partition coefficient (Wildman–Crippen LogP) is 3.70. The van der Waals surface area contributed by atoms with E-state index in [4.69, 9.17) is 4.74 Å². The number of hydrogen-bond donors (Lipinski definition) is 2. The molecule has 7 nitrogen and oxygen atoms in total. The maximum absolute atomic E-state index is 13.8. The van der Waals surface area contributed by atoms with Crippen LogP contribution in [0.25, 0.3) is 10.8 Å². The number of anilines is 1. The summed E-state index contributed by atoms with van der Waals surface area (Å²) in [5.41, 5.74) is 0.720. The largest absolute Gasteiger partial charge is 0.496 e. The number of benzene rings is 3. The van der Waals surface area contributed by atoms with Gasteiger partial charge in [-0.25, -0.2) is 4.90 Å². The van der Waals surface area contributed by atoms with Crippen LogP contribution in [0, 0.1) is 11.8 Å². The number of carbonyl (C=O) groups excluding carboxylic acids is 2. The minimum atomic E-state index is -1.60. The van der Waals surface area contributed by atoms with E-state index in [1.165, 1.54) is 6.92 Å². The number of imide groups is 1. The molecule has 3 aromatic carbocycles. The SMILES string of the molecule is CCc1ccc(N2C(=O)C3C(c4ccc(OC)c5ccccc45)NC(C)(C(=O)O)C3C2=O)cc1. The second-order valence-electron chi connectivity index (χ2n) is 9.07. The van der Waals surface area contributed by atoms with Gasteiger partial charge in [0.15, 0.2) is 0 Å². The van der Waals surface area contributed by atoms with Crippen molar-refractivity contribution in [3.8, 4) is 5.75 Å². The summed E-state index contributed by atoms with van der Waals surface area (Å²) in [7, 11) is 1.59. The number of carboxylic acids is 1. The van der Waals surface area contributed by atoms with Crippen molar-refractivity contribution in [1.29, 1.82) is 0 Å². The molecule has 34 heavy (non-hydrogen) atoms. The molecule has 174 valence electrons. The molecule has 5 rings (SSSR count). The van der Waals surface area contributed by atoms with Crippen LogP contribution in [-0.4, -0.2) is 35.5 Å². The number of aryl methyl sites for hydroxylation is 1. The van der Waals surface area contributed by atoms with Crippen molar-refractivity contribution >= 4 is 34.2 Å². The van der Waals surface area contributed by atoms with Gasteiger partial charge in [-0.15, -0.1) is 0 Å². The van der Waals surface area contributed by atoms with Gasteiger partial charge in [-0.2, -0.15) is 0 Å². The highest BCUT2D eigenvalue weighted by molar-refractivity contribution is 6.24. The number of fused-ring (bicyclic) bond motifs is 2. The Kier molecular flexibility index (Phi) is 5.17. The molecule has 0 saturated carbocycles. The molecule has 0 bridgehead atoms. The average Bonchev–Trinajstić information content (AvgIpc) is 3.31. The summed E-state index contributed by atoms with van der Waals surface area (Å²) in [6.07, 6.45) is 0.834. The van der Waals surface area contributed by atoms with Crippen molar-refractivity contribution in [2.24, 2.45) is 11.8 Å². The highest BCUT2D eigenvalue weighted by Crippen LogP contribution is 2.51. The van der Waals surface area contributed by atoms with Gasteiger partial charge in [0.25, 0.3) is 0 Å². The third kappa shape index (κ3) is 3.04. The van der Waals surface area contributed by atoms with Gasteiger partial charge in [0, 0.05) is 11.4 Å². The molecular formula is C27H26N2O5. The smallest absolute Gasteiger partial charge is 0.324 e. The zero-order valence-corrected chi connectivity index (χ0v) is 19.2. The van der Waals surface area contributed by atoms with Crippen molar-refractivity contribution in [1.82, 2.24) is 5.32 Å². The summed E-state index contributed by atoms with van der Waals surface area (Å²) in [5.74, 6) is -3.24. The van der Waals surface area contributed by atoms with Crippen LogP contribution >= 0.6 is 0 Å². The Morgan fingerprint density at radius 2 is 1.71 bits per heavy atom. The number of ether oxygens (including phenoxy) is 1. The Morgan fingerprint density at radius 3 is 2.32 bits per heavy atom. The van der Waals surface area contributed by atoms with E-state index in [-0.39, 0.29) is 5.91 Å². The maximum atomic E-state index is 13.8. The molecule has 2 saturated heterocycles. The Labute approximate surface area is 197 Å². The number of methoxy groups -OCH3 is 1. The lowest BCUT2D eigenvalue weighted by Gasteiger charge is -2.27. The normalized spacial score (nSPS) is 26.2. The number of carbonyl (C=O) groups is 3. The van der Waals surface area contributed by atoms with Crippen LogP contribution < -0.4 is 15.0 Å². The lowest BCUT2D eigenvalue weighted by Crippen LogP contribution is -2.53. The third-order valence-corrected chi connectivity index (χ3v) is 7.31. The molecule has 0 spiro atoms. The zero-order chi connectivity index (χ0) is 24.2. The van der Waals surface area contributed by atoms with E-state index in [0.29, 0.717) is 11.4 Å². The highest BCUT2D eigenvalue weighted by Gasteiger charge is 2.67. The van der Waals surface area contributed by atoms with E-state index in [1.807, 2.05) is 55.5 Å². The summed E-state index contributed by atoms with van der Waals surface area (Å²) >= 11 is 0. The minimum Gasteiger partial charge on any atom is -0.496 e. The van der Waals surface area contributed by atoms with Gasteiger partial charge >= 0.3 is 5.97 Å². The average molecular weight is 459 g/mol. The number of aliphatic carboxylic acids is 1. The van der Waals surface area contributed by atoms with Gasteiger partial charge in [-0.05, 0) is 48.1 Å². The highest BCUT2D eigenvalue weighted by atomic mass is 16.5. The molecular weight excluding hydrogens is 432 g/mol. The molecule has 2 N–H and O–H groups in total. The van der Waals surface area contributed by atoms with Crippen LogP contribution in [0.15, 0.2) is 60.7 Å². The van der Waals surface area contributed by atoms with Gasteiger partial charge in [0.05, 0.1) is 24.6 Å². The fourth-order valence-corrected chi connectivity index (χ4v) is 5.48. The van der Waals surface area contributed by atoms with E-state index < -0.39 is 35.3 Å². The van der Waals surface area contributed by atoms with Crippen molar-refractivity contribution < 1.29 is 24.2 Å². The van der Waals surface area contributed by atoms with Crippen LogP contribution in [-0.2, 0) is 20.8 Å². The van der Waals surface area contributed by atoms with Crippen LogP contribution in [0.2, 0.25) is 0 Å². The topological polar surface area (TPSA) is 95.9 Å². The monoisotopic (exact) mass is 458 g/mol. The molecule has 2 amide bonds. The quantitative estimate of drug-likeness (QED) is 0.566. The van der Waals surface area contributed by atoms with Crippen molar-refractivity contribution in [3.63, 3.8) is 0 Å². The Bertz CT molecular complexity index is 1320. The fraction of sp³-hybridized carbons (Fsp3) is 0.296. The molecule has 4 atom stereocenters. The van der Waals surface area contributed by atoms with E-state index >= 15 is 0 Å². The van der Waals surface area contributed by atoms with E-state index in [1.54, 1.807) is 19.2 Å². The molecule has 4 unspecified atom stereocenters. The Morgan fingerprint density at radius 1 is 1.03 bits per heavy atom. The number of hydrogen-bond acceptors (Lipinski definition) is 5. The summed E-state index contributed by atoms with van der Waals surface area (Å²) in [6.45, 7) is 3.52. The Hall–Kier alpha value is -3.71. The first-order valence-electron chi connectivity index (χ1n) is 11.3. The summed E-state index contributed by atoms with van der Waals surface area (Å²) < 4.78 is 5.50. The van der Waals surface area contributed by atoms with Crippen LogP contribution in [0.4, 0.5) is 5.69 Å². The number of nitrogens with one attached hydrogen (secondary N) is 1. The van der Waals surface area contributed by atoms with Crippen molar-refractivity contribution in [3.05, 3.63) is 71.8 Å². The Balaban J connectivity index is 1.65. The first kappa shape index (κ1) is 22.1. The molecule has 0 aromatic heterocycles. The second kappa shape index (κ2) is 7.95. The van der Waals surface area contributed by atoms with Crippen LogP contribution in [0.1, 0.15) is 31.0 Å². The maximum Gasteiger partial charge on any atom is 0.324 e. The van der Waals surface area contributed by atoms with E-state index in [9.17, 15) is 19.5 Å². The molecule has 2 heterocycles. The van der Waals surface area contributed by atoms with Gasteiger partial charge in [-0.1, -0.05) is 49.4 Å². The van der Waals surface area contributed by atoms with Gasteiger partial charge in [0.2, 0.25) is 11.8 Å². The number of carboxylic acid groups (broad SMARTS) is 1. The lowest BCUT2D eigenvalue weighted by atomic mass is 9.80. The first-order valence-corrected chi connectivity index (χ1v) is 11.3. The van der Waals surface area contributed by atoms with Gasteiger partial charge in [0.1, 0.15) is 11.3 Å². The number of nitrogens with zero attached hydrogens (tertiary/aromatic N) is 1. The molecule has 0 aliphatic carbocycles. The molecule has 2 fully saturated rings. The molecule has 2 aliphatic heterocycles. The summed E-state index contributed by atoms with van der Waals surface area (Å²) in [4.78, 5) is 40.9. The summed E-state index contributed by atoms with van der Waals surface area (Å²) in [6, 6.07) is 17.9. The predicted molar refractivity (Wildman–Crippen MR) is 128 cm³/mol. The van der Waals surface area contributed by atoms with E-state index in [0.717, 1.165) is 33.2 Å². The molecule has 0 radical (unpaired) electrons. The van der Waals surface area contributed by atoms with Crippen molar-refractivity contribution in [2.45, 2.75) is 31.8 Å². The molecule has 2 aliphatic rings. The second-order valence-corrected chi connectivity index (χ2v) is 9.07. The van der Waals surface area contributed by atoms with E-state index in [2.05, 4.69) is 5.32 Å². The van der Waals surface area contributed by atoms with Gasteiger partial charge < -0.3 is 9.84 Å². The van der Waals surface area contributed by atoms with Crippen LogP contribution in [0.5, 0.6) is 5.75 Å². The van der Waals surface area contributed by atoms with Gasteiger partial charge in [-0.3, -0.25) is 19.7 Å². The minimum absolute atomic E-state index is 0.387. The summed E-state index contributed by atoms with van der Waals surface area (Å²) in [5, 5.41) is 15.0. The number of rotatable bonds is 5. The molecule has 7 heteroatoms.